The highest BCUT2D eigenvalue weighted by Crippen LogP contribution is 2.22. The van der Waals surface area contributed by atoms with Gasteiger partial charge in [0.05, 0.1) is 18.4 Å². The van der Waals surface area contributed by atoms with Crippen molar-refractivity contribution in [2.24, 2.45) is 0 Å². The average molecular weight is 446 g/mol. The summed E-state index contributed by atoms with van der Waals surface area (Å²) in [7, 11) is 1.32. The monoisotopic (exact) mass is 445 g/mol. The molecule has 0 fully saturated rings. The van der Waals surface area contributed by atoms with Gasteiger partial charge < -0.3 is 10.1 Å². The van der Waals surface area contributed by atoms with Crippen LogP contribution in [0.25, 0.3) is 5.69 Å². The summed E-state index contributed by atoms with van der Waals surface area (Å²) in [5, 5.41) is 3.50. The van der Waals surface area contributed by atoms with E-state index in [1.807, 2.05) is 35.0 Å². The highest BCUT2D eigenvalue weighted by atomic mass is 79.9. The van der Waals surface area contributed by atoms with E-state index in [0.717, 1.165) is 15.3 Å². The zero-order valence-corrected chi connectivity index (χ0v) is 16.8. The fourth-order valence-corrected chi connectivity index (χ4v) is 3.40. The van der Waals surface area contributed by atoms with E-state index in [4.69, 9.17) is 0 Å². The first-order valence-electron chi connectivity index (χ1n) is 7.97. The molecule has 0 spiro atoms. The van der Waals surface area contributed by atoms with Crippen molar-refractivity contribution in [1.29, 1.82) is 0 Å². The molecular weight excluding hydrogens is 430 g/mol. The van der Waals surface area contributed by atoms with Crippen molar-refractivity contribution in [3.63, 3.8) is 0 Å². The van der Waals surface area contributed by atoms with Crippen molar-refractivity contribution in [2.75, 3.05) is 18.2 Å². The number of nitrogens with zero attached hydrogens (tertiary/aromatic N) is 2. The number of carbonyl (C=O) groups excluding carboxylic acids is 2. The van der Waals surface area contributed by atoms with Gasteiger partial charge in [0, 0.05) is 28.2 Å². The van der Waals surface area contributed by atoms with Crippen LogP contribution < -0.4 is 5.32 Å². The number of ether oxygens (including phenoxy) is 1. The number of esters is 1. The molecule has 6 nitrogen and oxygen atoms in total. The second-order valence-corrected chi connectivity index (χ2v) is 7.32. The number of rotatable bonds is 6. The first-order valence-corrected chi connectivity index (χ1v) is 9.75. The summed E-state index contributed by atoms with van der Waals surface area (Å²) in [5.74, 6) is -0.444. The molecule has 1 amide bonds. The Labute approximate surface area is 169 Å². The van der Waals surface area contributed by atoms with Gasteiger partial charge in [0.1, 0.15) is 0 Å². The predicted octanol–water partition coefficient (Wildman–Crippen LogP) is 4.15. The molecule has 8 heteroatoms. The molecule has 3 rings (SSSR count). The molecule has 1 heterocycles. The molecule has 0 saturated carbocycles. The van der Waals surface area contributed by atoms with Gasteiger partial charge in [-0.15, -0.1) is 0 Å². The molecule has 0 radical (unpaired) electrons. The van der Waals surface area contributed by atoms with Crippen LogP contribution in [0.3, 0.4) is 0 Å². The molecule has 0 unspecified atom stereocenters. The summed E-state index contributed by atoms with van der Waals surface area (Å²) in [6, 6.07) is 14.5. The molecule has 0 bridgehead atoms. The molecule has 0 aliphatic heterocycles. The first-order chi connectivity index (χ1) is 13.1. The summed E-state index contributed by atoms with van der Waals surface area (Å²) in [4.78, 5) is 28.1. The summed E-state index contributed by atoms with van der Waals surface area (Å²) >= 11 is 4.75. The number of amides is 1. The second-order valence-electron chi connectivity index (χ2n) is 5.47. The summed E-state index contributed by atoms with van der Waals surface area (Å²) < 4.78 is 7.60. The lowest BCUT2D eigenvalue weighted by atomic mass is 10.2. The van der Waals surface area contributed by atoms with Crippen molar-refractivity contribution in [1.82, 2.24) is 9.55 Å². The Balaban J connectivity index is 1.63. The molecule has 0 atom stereocenters. The van der Waals surface area contributed by atoms with Crippen molar-refractivity contribution in [2.45, 2.75) is 5.16 Å². The smallest absolute Gasteiger partial charge is 0.337 e. The highest BCUT2D eigenvalue weighted by molar-refractivity contribution is 9.10. The molecule has 0 aliphatic carbocycles. The third-order valence-electron chi connectivity index (χ3n) is 3.61. The molecule has 3 aromatic rings. The average Bonchev–Trinajstić information content (AvgIpc) is 3.15. The van der Waals surface area contributed by atoms with Crippen molar-refractivity contribution < 1.29 is 14.3 Å². The van der Waals surface area contributed by atoms with Crippen LogP contribution in [0.4, 0.5) is 5.69 Å². The van der Waals surface area contributed by atoms with Gasteiger partial charge >= 0.3 is 5.97 Å². The van der Waals surface area contributed by atoms with Crippen molar-refractivity contribution in [3.05, 3.63) is 71.0 Å². The molecule has 0 aliphatic rings. The van der Waals surface area contributed by atoms with E-state index in [0.29, 0.717) is 11.3 Å². The fraction of sp³-hybridized carbons (Fsp3) is 0.105. The maximum absolute atomic E-state index is 12.3. The number of halogens is 1. The molecule has 1 aromatic heterocycles. The van der Waals surface area contributed by atoms with E-state index in [2.05, 4.69) is 31.0 Å². The van der Waals surface area contributed by atoms with E-state index in [-0.39, 0.29) is 11.7 Å². The Morgan fingerprint density at radius 3 is 2.74 bits per heavy atom. The van der Waals surface area contributed by atoms with Crippen molar-refractivity contribution >= 4 is 45.3 Å². The lowest BCUT2D eigenvalue weighted by molar-refractivity contribution is -0.113. The van der Waals surface area contributed by atoms with Gasteiger partial charge in [-0.1, -0.05) is 33.8 Å². The number of hydrogen-bond acceptors (Lipinski definition) is 5. The van der Waals surface area contributed by atoms with E-state index < -0.39 is 5.97 Å². The Bertz CT molecular complexity index is 957. The Kier molecular flexibility index (Phi) is 6.31. The lowest BCUT2D eigenvalue weighted by Crippen LogP contribution is -2.15. The normalized spacial score (nSPS) is 10.4. The number of thioether (sulfide) groups is 1. The first kappa shape index (κ1) is 19.2. The third kappa shape index (κ3) is 4.99. The zero-order chi connectivity index (χ0) is 19.2. The van der Waals surface area contributed by atoms with Gasteiger partial charge in [0.15, 0.2) is 5.16 Å². The number of benzene rings is 2. The highest BCUT2D eigenvalue weighted by Gasteiger charge is 2.11. The van der Waals surface area contributed by atoms with E-state index in [1.54, 1.807) is 30.5 Å². The van der Waals surface area contributed by atoms with Crippen LogP contribution in [0.5, 0.6) is 0 Å². The molecule has 0 saturated heterocycles. The standard InChI is InChI=1S/C19H16BrN3O3S/c1-26-18(25)13-3-2-4-15(11-13)22-17(24)12-27-19-21-9-10-23(19)16-7-5-14(20)6-8-16/h2-11H,12H2,1H3,(H,22,24). The molecule has 138 valence electrons. The van der Waals surface area contributed by atoms with Crippen LogP contribution in [0.1, 0.15) is 10.4 Å². The quantitative estimate of drug-likeness (QED) is 0.455. The van der Waals surface area contributed by atoms with Gasteiger partial charge in [0.2, 0.25) is 5.91 Å². The topological polar surface area (TPSA) is 73.2 Å². The predicted molar refractivity (Wildman–Crippen MR) is 108 cm³/mol. The molecular formula is C19H16BrN3O3S. The second kappa shape index (κ2) is 8.88. The van der Waals surface area contributed by atoms with E-state index in [1.165, 1.54) is 18.9 Å². The van der Waals surface area contributed by atoms with Gasteiger partial charge in [-0.3, -0.25) is 9.36 Å². The number of aromatic nitrogens is 2. The number of hydrogen-bond donors (Lipinski definition) is 1. The largest absolute Gasteiger partial charge is 0.465 e. The summed E-state index contributed by atoms with van der Waals surface area (Å²) in [6.07, 6.45) is 3.55. The zero-order valence-electron chi connectivity index (χ0n) is 14.4. The number of nitrogens with one attached hydrogen (secondary N) is 1. The minimum Gasteiger partial charge on any atom is -0.465 e. The van der Waals surface area contributed by atoms with Gasteiger partial charge in [0.25, 0.3) is 0 Å². The van der Waals surface area contributed by atoms with Crippen LogP contribution in [0, 0.1) is 0 Å². The number of methoxy groups -OCH3 is 1. The summed E-state index contributed by atoms with van der Waals surface area (Å²) in [6.45, 7) is 0. The minimum atomic E-state index is -0.447. The van der Waals surface area contributed by atoms with Gasteiger partial charge in [-0.05, 0) is 42.5 Å². The Hall–Kier alpha value is -2.58. The SMILES string of the molecule is COC(=O)c1cccc(NC(=O)CSc2nccn2-c2ccc(Br)cc2)c1. The fourth-order valence-electron chi connectivity index (χ4n) is 2.36. The molecule has 27 heavy (non-hydrogen) atoms. The van der Waals surface area contributed by atoms with Crippen LogP contribution in [-0.2, 0) is 9.53 Å². The molecule has 2 aromatic carbocycles. The van der Waals surface area contributed by atoms with E-state index in [9.17, 15) is 9.59 Å². The van der Waals surface area contributed by atoms with Crippen LogP contribution in [0.15, 0.2) is 70.6 Å². The summed E-state index contributed by atoms with van der Waals surface area (Å²) in [5.41, 5.74) is 1.89. The van der Waals surface area contributed by atoms with Crippen molar-refractivity contribution in [3.8, 4) is 5.69 Å². The van der Waals surface area contributed by atoms with Crippen LogP contribution in [0.2, 0.25) is 0 Å². The maximum Gasteiger partial charge on any atom is 0.337 e. The minimum absolute atomic E-state index is 0.188. The Morgan fingerprint density at radius 2 is 2.00 bits per heavy atom. The van der Waals surface area contributed by atoms with Gasteiger partial charge in [-0.2, -0.15) is 0 Å². The lowest BCUT2D eigenvalue weighted by Gasteiger charge is -2.09. The van der Waals surface area contributed by atoms with Gasteiger partial charge in [-0.25, -0.2) is 9.78 Å². The number of anilines is 1. The number of carbonyl (C=O) groups is 2. The maximum atomic E-state index is 12.3. The van der Waals surface area contributed by atoms with Crippen LogP contribution >= 0.6 is 27.7 Å². The third-order valence-corrected chi connectivity index (χ3v) is 5.11. The van der Waals surface area contributed by atoms with E-state index >= 15 is 0 Å². The van der Waals surface area contributed by atoms with Crippen LogP contribution in [-0.4, -0.2) is 34.3 Å². The number of imidazole rings is 1. The molecule has 1 N–H and O–H groups in total. The Morgan fingerprint density at radius 1 is 1.22 bits per heavy atom.